The first kappa shape index (κ1) is 21.2. The predicted molar refractivity (Wildman–Crippen MR) is 115 cm³/mol. The van der Waals surface area contributed by atoms with Crippen molar-refractivity contribution < 1.29 is 13.9 Å². The van der Waals surface area contributed by atoms with Gasteiger partial charge in [-0.25, -0.2) is 0 Å². The number of ether oxygens (including phenoxy) is 1. The summed E-state index contributed by atoms with van der Waals surface area (Å²) in [4.78, 5) is 12.0. The van der Waals surface area contributed by atoms with Crippen LogP contribution < -0.4 is 10.1 Å². The summed E-state index contributed by atoms with van der Waals surface area (Å²) in [5.41, 5.74) is 2.01. The van der Waals surface area contributed by atoms with Gasteiger partial charge in [0.2, 0.25) is 5.91 Å². The Balaban J connectivity index is 1.45. The topological polar surface area (TPSA) is 77.2 Å². The standard InChI is InChI=1S/C21H22ClN3O3S/c1-21(2,3)14-4-10-17(11-5-14)27-12-19-24-25-20(28-19)29-13-18(26)23-16-8-6-15(22)7-9-16/h4-11H,12-13H2,1-3H3,(H,23,26). The molecule has 6 nitrogen and oxygen atoms in total. The minimum absolute atomic E-state index is 0.0942. The van der Waals surface area contributed by atoms with Gasteiger partial charge >= 0.3 is 0 Å². The lowest BCUT2D eigenvalue weighted by atomic mass is 9.87. The molecule has 0 atom stereocenters. The van der Waals surface area contributed by atoms with Gasteiger partial charge in [-0.15, -0.1) is 10.2 Å². The number of benzene rings is 2. The summed E-state index contributed by atoms with van der Waals surface area (Å²) in [6, 6.07) is 14.8. The van der Waals surface area contributed by atoms with Gasteiger partial charge in [-0.3, -0.25) is 4.79 Å². The third-order valence-electron chi connectivity index (χ3n) is 3.99. The molecule has 0 fully saturated rings. The molecular weight excluding hydrogens is 410 g/mol. The van der Waals surface area contributed by atoms with Crippen molar-refractivity contribution in [2.24, 2.45) is 0 Å². The molecule has 0 spiro atoms. The van der Waals surface area contributed by atoms with Gasteiger partial charge in [0.25, 0.3) is 11.1 Å². The molecule has 0 saturated carbocycles. The molecule has 0 saturated heterocycles. The van der Waals surface area contributed by atoms with E-state index >= 15 is 0 Å². The molecule has 0 bridgehead atoms. The van der Waals surface area contributed by atoms with Crippen LogP contribution in [0.5, 0.6) is 5.75 Å². The number of carbonyl (C=O) groups excluding carboxylic acids is 1. The Labute approximate surface area is 179 Å². The van der Waals surface area contributed by atoms with E-state index in [1.165, 1.54) is 5.56 Å². The third kappa shape index (κ3) is 6.51. The molecule has 1 N–H and O–H groups in total. The van der Waals surface area contributed by atoms with Gasteiger partial charge in [-0.1, -0.05) is 56.3 Å². The Hall–Kier alpha value is -2.51. The SMILES string of the molecule is CC(C)(C)c1ccc(OCc2nnc(SCC(=O)Nc3ccc(Cl)cc3)o2)cc1. The van der Waals surface area contributed by atoms with Gasteiger partial charge in [0.1, 0.15) is 5.75 Å². The zero-order chi connectivity index (χ0) is 20.9. The maximum absolute atomic E-state index is 12.0. The van der Waals surface area contributed by atoms with Crippen LogP contribution >= 0.6 is 23.4 Å². The van der Waals surface area contributed by atoms with E-state index in [4.69, 9.17) is 20.8 Å². The van der Waals surface area contributed by atoms with E-state index < -0.39 is 0 Å². The average Bonchev–Trinajstić information content (AvgIpc) is 3.14. The highest BCUT2D eigenvalue weighted by molar-refractivity contribution is 7.99. The number of hydrogen-bond donors (Lipinski definition) is 1. The zero-order valence-electron chi connectivity index (χ0n) is 16.4. The summed E-state index contributed by atoms with van der Waals surface area (Å²) < 4.78 is 11.2. The van der Waals surface area contributed by atoms with Crippen molar-refractivity contribution in [2.75, 3.05) is 11.1 Å². The van der Waals surface area contributed by atoms with E-state index in [0.29, 0.717) is 21.8 Å². The van der Waals surface area contributed by atoms with Crippen molar-refractivity contribution in [3.05, 3.63) is 65.0 Å². The summed E-state index contributed by atoms with van der Waals surface area (Å²) >= 11 is 6.99. The molecule has 2 aromatic carbocycles. The molecule has 3 aromatic rings. The minimum Gasteiger partial charge on any atom is -0.484 e. The fraction of sp³-hybridized carbons (Fsp3) is 0.286. The maximum Gasteiger partial charge on any atom is 0.277 e. The Bertz CT molecular complexity index is 951. The second kappa shape index (κ2) is 9.33. The highest BCUT2D eigenvalue weighted by atomic mass is 35.5. The first-order chi connectivity index (χ1) is 13.8. The summed E-state index contributed by atoms with van der Waals surface area (Å²) in [6.45, 7) is 6.65. The Morgan fingerprint density at radius 2 is 1.79 bits per heavy atom. The van der Waals surface area contributed by atoms with E-state index in [2.05, 4.69) is 36.3 Å². The number of carbonyl (C=O) groups is 1. The molecule has 0 aliphatic heterocycles. The van der Waals surface area contributed by atoms with Crippen LogP contribution in [0.25, 0.3) is 0 Å². The van der Waals surface area contributed by atoms with Crippen molar-refractivity contribution in [2.45, 2.75) is 38.0 Å². The molecule has 1 amide bonds. The number of hydrogen-bond acceptors (Lipinski definition) is 6. The number of nitrogens with one attached hydrogen (secondary N) is 1. The van der Waals surface area contributed by atoms with E-state index in [-0.39, 0.29) is 23.7 Å². The lowest BCUT2D eigenvalue weighted by Crippen LogP contribution is -2.13. The van der Waals surface area contributed by atoms with Gasteiger partial charge in [0, 0.05) is 10.7 Å². The second-order valence-corrected chi connectivity index (χ2v) is 8.73. The van der Waals surface area contributed by atoms with Crippen molar-refractivity contribution in [3.63, 3.8) is 0 Å². The van der Waals surface area contributed by atoms with Crippen LogP contribution in [0.3, 0.4) is 0 Å². The highest BCUT2D eigenvalue weighted by Gasteiger charge is 2.14. The molecular formula is C21H22ClN3O3S. The van der Waals surface area contributed by atoms with Gasteiger partial charge < -0.3 is 14.5 Å². The summed E-state index contributed by atoms with van der Waals surface area (Å²) in [5.74, 6) is 1.06. The highest BCUT2D eigenvalue weighted by Crippen LogP contribution is 2.25. The fourth-order valence-electron chi connectivity index (χ4n) is 2.41. The van der Waals surface area contributed by atoms with Gasteiger partial charge in [0.15, 0.2) is 6.61 Å². The predicted octanol–water partition coefficient (Wildman–Crippen LogP) is 5.33. The Morgan fingerprint density at radius 3 is 2.45 bits per heavy atom. The molecule has 29 heavy (non-hydrogen) atoms. The number of aromatic nitrogens is 2. The maximum atomic E-state index is 12.0. The lowest BCUT2D eigenvalue weighted by Gasteiger charge is -2.19. The molecule has 8 heteroatoms. The number of nitrogens with zero attached hydrogens (tertiary/aromatic N) is 2. The van der Waals surface area contributed by atoms with Crippen LogP contribution in [0.2, 0.25) is 5.02 Å². The number of rotatable bonds is 7. The molecule has 0 unspecified atom stereocenters. The second-order valence-electron chi connectivity index (χ2n) is 7.37. The van der Waals surface area contributed by atoms with E-state index in [1.807, 2.05) is 24.3 Å². The molecule has 0 radical (unpaired) electrons. The third-order valence-corrected chi connectivity index (χ3v) is 5.06. The summed E-state index contributed by atoms with van der Waals surface area (Å²) in [5, 5.41) is 11.6. The smallest absolute Gasteiger partial charge is 0.277 e. The first-order valence-electron chi connectivity index (χ1n) is 9.03. The molecule has 152 valence electrons. The summed E-state index contributed by atoms with van der Waals surface area (Å²) in [7, 11) is 0. The molecule has 1 heterocycles. The van der Waals surface area contributed by atoms with Crippen LogP contribution in [0, 0.1) is 0 Å². The van der Waals surface area contributed by atoms with Crippen LogP contribution in [-0.4, -0.2) is 21.9 Å². The van der Waals surface area contributed by atoms with E-state index in [0.717, 1.165) is 17.5 Å². The zero-order valence-corrected chi connectivity index (χ0v) is 18.0. The van der Waals surface area contributed by atoms with Crippen LogP contribution in [-0.2, 0) is 16.8 Å². The van der Waals surface area contributed by atoms with Crippen LogP contribution in [0.1, 0.15) is 32.2 Å². The molecule has 0 aliphatic carbocycles. The fourth-order valence-corrected chi connectivity index (χ4v) is 3.12. The molecule has 1 aromatic heterocycles. The Kier molecular flexibility index (Phi) is 6.82. The van der Waals surface area contributed by atoms with Crippen molar-refractivity contribution >= 4 is 35.0 Å². The van der Waals surface area contributed by atoms with Gasteiger partial charge in [-0.05, 0) is 47.4 Å². The quantitative estimate of drug-likeness (QED) is 0.509. The summed E-state index contributed by atoms with van der Waals surface area (Å²) in [6.07, 6.45) is 0. The normalized spacial score (nSPS) is 11.3. The number of thioether (sulfide) groups is 1. The molecule has 0 aliphatic rings. The van der Waals surface area contributed by atoms with Crippen LogP contribution in [0.4, 0.5) is 5.69 Å². The Morgan fingerprint density at radius 1 is 1.10 bits per heavy atom. The molecule has 3 rings (SSSR count). The largest absolute Gasteiger partial charge is 0.484 e. The monoisotopic (exact) mass is 431 g/mol. The van der Waals surface area contributed by atoms with Gasteiger partial charge in [0.05, 0.1) is 5.75 Å². The van der Waals surface area contributed by atoms with E-state index in [9.17, 15) is 4.79 Å². The van der Waals surface area contributed by atoms with Crippen molar-refractivity contribution in [3.8, 4) is 5.75 Å². The van der Waals surface area contributed by atoms with Crippen LogP contribution in [0.15, 0.2) is 58.2 Å². The van der Waals surface area contributed by atoms with Gasteiger partial charge in [-0.2, -0.15) is 0 Å². The van der Waals surface area contributed by atoms with E-state index in [1.54, 1.807) is 24.3 Å². The number of halogens is 1. The first-order valence-corrected chi connectivity index (χ1v) is 10.4. The lowest BCUT2D eigenvalue weighted by molar-refractivity contribution is -0.113. The number of amides is 1. The van der Waals surface area contributed by atoms with Crippen molar-refractivity contribution in [1.29, 1.82) is 0 Å². The number of anilines is 1. The van der Waals surface area contributed by atoms with Crippen molar-refractivity contribution in [1.82, 2.24) is 10.2 Å². The average molecular weight is 432 g/mol. The minimum atomic E-state index is -0.174.